The quantitative estimate of drug-likeness (QED) is 0.491. The maximum Gasteiger partial charge on any atom is 0.339 e. The number of carbonyl (C=O) groups is 2. The average molecular weight is 423 g/mol. The number of aromatic carboxylic acids is 1. The number of rotatable bonds is 7. The Morgan fingerprint density at radius 2 is 1.97 bits per heavy atom. The highest BCUT2D eigenvalue weighted by Gasteiger charge is 2.26. The number of carboxylic acids is 1. The van der Waals surface area contributed by atoms with E-state index in [2.05, 4.69) is 11.4 Å². The van der Waals surface area contributed by atoms with Crippen LogP contribution in [0.1, 0.15) is 44.3 Å². The zero-order valence-corrected chi connectivity index (χ0v) is 17.6. The molecule has 3 N–H and O–H groups in total. The van der Waals surface area contributed by atoms with E-state index in [4.69, 9.17) is 0 Å². The van der Waals surface area contributed by atoms with Crippen LogP contribution in [0.15, 0.2) is 30.3 Å². The standard InChI is InChI=1S/C22H21N3O4S/c1-12(26)15-8-17(27)16(11-25(2)3)20-18(15)19(22(28)29)21(30-20)24-10-14-7-5-4-6-13(14)9-23/h4-8,24,27H,10-11H2,1-3H3,(H,28,29). The van der Waals surface area contributed by atoms with E-state index in [1.54, 1.807) is 18.2 Å². The van der Waals surface area contributed by atoms with Gasteiger partial charge in [-0.05, 0) is 38.7 Å². The zero-order chi connectivity index (χ0) is 22.0. The lowest BCUT2D eigenvalue weighted by molar-refractivity contribution is 0.0700. The van der Waals surface area contributed by atoms with Gasteiger partial charge in [-0.1, -0.05) is 18.2 Å². The molecule has 154 valence electrons. The topological polar surface area (TPSA) is 114 Å². The Morgan fingerprint density at radius 3 is 2.57 bits per heavy atom. The molecule has 0 unspecified atom stereocenters. The molecular formula is C22H21N3O4S. The monoisotopic (exact) mass is 423 g/mol. The number of hydrogen-bond acceptors (Lipinski definition) is 7. The van der Waals surface area contributed by atoms with Gasteiger partial charge in [-0.15, -0.1) is 11.3 Å². The zero-order valence-electron chi connectivity index (χ0n) is 16.8. The minimum atomic E-state index is -1.17. The molecule has 0 aliphatic carbocycles. The van der Waals surface area contributed by atoms with E-state index in [0.717, 1.165) is 5.56 Å². The van der Waals surface area contributed by atoms with Crippen LogP contribution in [-0.2, 0) is 13.1 Å². The summed E-state index contributed by atoms with van der Waals surface area (Å²) in [4.78, 5) is 26.2. The summed E-state index contributed by atoms with van der Waals surface area (Å²) in [6.45, 7) is 1.98. The number of ketones is 1. The number of phenols is 1. The molecule has 0 radical (unpaired) electrons. The van der Waals surface area contributed by atoms with Gasteiger partial charge in [0.15, 0.2) is 5.78 Å². The van der Waals surface area contributed by atoms with Crippen LogP contribution in [-0.4, -0.2) is 41.0 Å². The molecule has 0 fully saturated rings. The van der Waals surface area contributed by atoms with Crippen LogP contribution in [0.4, 0.5) is 5.00 Å². The van der Waals surface area contributed by atoms with Crippen molar-refractivity contribution in [3.63, 3.8) is 0 Å². The van der Waals surface area contributed by atoms with Crippen molar-refractivity contribution >= 4 is 38.2 Å². The number of nitriles is 1. The van der Waals surface area contributed by atoms with Crippen molar-refractivity contribution in [2.24, 2.45) is 0 Å². The molecule has 0 spiro atoms. The van der Waals surface area contributed by atoms with Gasteiger partial charge in [-0.2, -0.15) is 5.26 Å². The lowest BCUT2D eigenvalue weighted by Gasteiger charge is -2.14. The molecule has 3 rings (SSSR count). The van der Waals surface area contributed by atoms with Crippen molar-refractivity contribution in [2.75, 3.05) is 19.4 Å². The highest BCUT2D eigenvalue weighted by atomic mass is 32.1. The summed E-state index contributed by atoms with van der Waals surface area (Å²) in [5, 5.41) is 33.6. The van der Waals surface area contributed by atoms with Crippen LogP contribution >= 0.6 is 11.3 Å². The van der Waals surface area contributed by atoms with Gasteiger partial charge in [-0.3, -0.25) is 4.79 Å². The first kappa shape index (κ1) is 21.3. The van der Waals surface area contributed by atoms with Crippen LogP contribution in [0.5, 0.6) is 5.75 Å². The summed E-state index contributed by atoms with van der Waals surface area (Å²) in [5.41, 5.74) is 1.96. The number of carboxylic acid groups (broad SMARTS) is 1. The molecular weight excluding hydrogens is 402 g/mol. The molecule has 0 aliphatic rings. The number of anilines is 1. The number of hydrogen-bond donors (Lipinski definition) is 3. The summed E-state index contributed by atoms with van der Waals surface area (Å²) in [7, 11) is 3.68. The Labute approximate surface area is 177 Å². The molecule has 0 saturated carbocycles. The predicted octanol–water partition coefficient (Wildman–Crippen LogP) is 4.05. The molecule has 0 bridgehead atoms. The first-order valence-electron chi connectivity index (χ1n) is 9.16. The van der Waals surface area contributed by atoms with Crippen LogP contribution in [0.25, 0.3) is 10.1 Å². The Kier molecular flexibility index (Phi) is 6.06. The van der Waals surface area contributed by atoms with Gasteiger partial charge in [-0.25, -0.2) is 4.79 Å². The van der Waals surface area contributed by atoms with Crippen molar-refractivity contribution in [2.45, 2.75) is 20.0 Å². The molecule has 30 heavy (non-hydrogen) atoms. The second-order valence-corrected chi connectivity index (χ2v) is 8.17. The van der Waals surface area contributed by atoms with E-state index >= 15 is 0 Å². The molecule has 0 aliphatic heterocycles. The molecule has 8 heteroatoms. The van der Waals surface area contributed by atoms with Crippen LogP contribution in [0.2, 0.25) is 0 Å². The number of carbonyl (C=O) groups excluding carboxylic acids is 1. The second-order valence-electron chi connectivity index (χ2n) is 7.15. The molecule has 7 nitrogen and oxygen atoms in total. The first-order chi connectivity index (χ1) is 14.2. The summed E-state index contributed by atoms with van der Waals surface area (Å²) < 4.78 is 0.558. The molecule has 1 heterocycles. The summed E-state index contributed by atoms with van der Waals surface area (Å²) in [6.07, 6.45) is 0. The molecule has 0 saturated heterocycles. The Bertz CT molecular complexity index is 1190. The first-order valence-corrected chi connectivity index (χ1v) is 9.98. The number of phenolic OH excluding ortho intramolecular Hbond substituents is 1. The van der Waals surface area contributed by atoms with E-state index in [0.29, 0.717) is 32.8 Å². The normalized spacial score (nSPS) is 10.9. The number of aromatic hydroxyl groups is 1. The highest BCUT2D eigenvalue weighted by molar-refractivity contribution is 7.23. The SMILES string of the molecule is CC(=O)c1cc(O)c(CN(C)C)c2sc(NCc3ccccc3C#N)c(C(=O)O)c12. The number of fused-ring (bicyclic) bond motifs is 1. The Morgan fingerprint density at radius 1 is 1.27 bits per heavy atom. The van der Waals surface area contributed by atoms with E-state index in [-0.39, 0.29) is 29.2 Å². The average Bonchev–Trinajstić information content (AvgIpc) is 3.07. The minimum Gasteiger partial charge on any atom is -0.508 e. The van der Waals surface area contributed by atoms with Crippen LogP contribution in [0.3, 0.4) is 0 Å². The summed E-state index contributed by atoms with van der Waals surface area (Å²) in [6, 6.07) is 10.5. The Hall–Kier alpha value is -3.41. The molecule has 0 atom stereocenters. The van der Waals surface area contributed by atoms with Crippen molar-refractivity contribution in [1.82, 2.24) is 4.90 Å². The summed E-state index contributed by atoms with van der Waals surface area (Å²) in [5.74, 6) is -1.53. The fourth-order valence-electron chi connectivity index (χ4n) is 3.35. The summed E-state index contributed by atoms with van der Waals surface area (Å²) >= 11 is 1.19. The van der Waals surface area contributed by atoms with E-state index in [1.165, 1.54) is 24.3 Å². The molecule has 3 aromatic rings. The number of benzene rings is 2. The van der Waals surface area contributed by atoms with E-state index < -0.39 is 5.97 Å². The van der Waals surface area contributed by atoms with Gasteiger partial charge in [0.1, 0.15) is 16.3 Å². The maximum absolute atomic E-state index is 12.2. The van der Waals surface area contributed by atoms with E-state index in [1.807, 2.05) is 25.1 Å². The number of thiophene rings is 1. The van der Waals surface area contributed by atoms with Gasteiger partial charge in [0, 0.05) is 34.3 Å². The van der Waals surface area contributed by atoms with Gasteiger partial charge in [0.25, 0.3) is 0 Å². The van der Waals surface area contributed by atoms with Crippen LogP contribution < -0.4 is 5.32 Å². The van der Waals surface area contributed by atoms with Gasteiger partial charge >= 0.3 is 5.97 Å². The minimum absolute atomic E-state index is 0.00496. The van der Waals surface area contributed by atoms with Gasteiger partial charge in [0.05, 0.1) is 11.6 Å². The third kappa shape index (κ3) is 3.99. The third-order valence-electron chi connectivity index (χ3n) is 4.69. The van der Waals surface area contributed by atoms with Crippen molar-refractivity contribution in [3.8, 4) is 11.8 Å². The lowest BCUT2D eigenvalue weighted by Crippen LogP contribution is -2.11. The van der Waals surface area contributed by atoms with Gasteiger partial charge < -0.3 is 20.4 Å². The maximum atomic E-state index is 12.2. The van der Waals surface area contributed by atoms with Crippen molar-refractivity contribution in [3.05, 3.63) is 58.1 Å². The number of nitrogens with one attached hydrogen (secondary N) is 1. The van der Waals surface area contributed by atoms with Crippen molar-refractivity contribution < 1.29 is 19.8 Å². The fourth-order valence-corrected chi connectivity index (χ4v) is 4.59. The smallest absolute Gasteiger partial charge is 0.339 e. The molecule has 2 aromatic carbocycles. The van der Waals surface area contributed by atoms with Gasteiger partial charge in [0.2, 0.25) is 0 Å². The van der Waals surface area contributed by atoms with Crippen LogP contribution in [0, 0.1) is 11.3 Å². The largest absolute Gasteiger partial charge is 0.508 e. The Balaban J connectivity index is 2.20. The second kappa shape index (κ2) is 8.53. The third-order valence-corrected chi connectivity index (χ3v) is 5.89. The van der Waals surface area contributed by atoms with Crippen molar-refractivity contribution in [1.29, 1.82) is 5.26 Å². The lowest BCUT2D eigenvalue weighted by atomic mass is 9.99. The number of Topliss-reactive ketones (excluding diaryl/α,β-unsaturated/α-hetero) is 1. The number of nitrogens with zero attached hydrogens (tertiary/aromatic N) is 2. The fraction of sp³-hybridized carbons (Fsp3) is 0.227. The molecule has 0 amide bonds. The predicted molar refractivity (Wildman–Crippen MR) is 116 cm³/mol. The van der Waals surface area contributed by atoms with E-state index in [9.17, 15) is 25.1 Å². The highest BCUT2D eigenvalue weighted by Crippen LogP contribution is 2.43. The molecule has 1 aromatic heterocycles.